The van der Waals surface area contributed by atoms with Gasteiger partial charge in [0.1, 0.15) is 29.9 Å². The van der Waals surface area contributed by atoms with Gasteiger partial charge in [-0.1, -0.05) is 43.0 Å². The highest BCUT2D eigenvalue weighted by atomic mass is 16.7. The van der Waals surface area contributed by atoms with Gasteiger partial charge in [-0.2, -0.15) is 0 Å². The van der Waals surface area contributed by atoms with E-state index in [1.807, 2.05) is 54.6 Å². The Morgan fingerprint density at radius 3 is 2.19 bits per heavy atom. The Bertz CT molecular complexity index is 1390. The van der Waals surface area contributed by atoms with Gasteiger partial charge in [0.25, 0.3) is 0 Å². The number of ether oxygens (including phenoxy) is 4. The van der Waals surface area contributed by atoms with Crippen molar-refractivity contribution in [2.45, 2.75) is 6.29 Å². The van der Waals surface area contributed by atoms with Gasteiger partial charge < -0.3 is 24.1 Å². The minimum atomic E-state index is -1.53. The lowest BCUT2D eigenvalue weighted by Crippen LogP contribution is -2.23. The molecule has 3 aromatic carbocycles. The Hall–Kier alpha value is -4.76. The molecule has 0 fully saturated rings. The molecule has 9 heteroatoms. The zero-order chi connectivity index (χ0) is 26.2. The number of carbonyl (C=O) groups excluding carboxylic acids is 1. The van der Waals surface area contributed by atoms with E-state index in [2.05, 4.69) is 21.5 Å². The topological polar surface area (TPSA) is 113 Å². The van der Waals surface area contributed by atoms with Gasteiger partial charge in [-0.25, -0.2) is 19.7 Å². The lowest BCUT2D eigenvalue weighted by molar-refractivity contribution is -0.166. The first kappa shape index (κ1) is 25.3. The highest BCUT2D eigenvalue weighted by molar-refractivity contribution is 5.91. The molecule has 0 bridgehead atoms. The van der Waals surface area contributed by atoms with Crippen LogP contribution in [0.15, 0.2) is 86.0 Å². The lowest BCUT2D eigenvalue weighted by Gasteiger charge is -2.20. The van der Waals surface area contributed by atoms with Crippen molar-refractivity contribution < 1.29 is 28.8 Å². The number of esters is 1. The molecule has 188 valence electrons. The molecule has 1 heterocycles. The van der Waals surface area contributed by atoms with E-state index < -0.39 is 12.3 Å². The maximum absolute atomic E-state index is 11.5. The molecular formula is C28H25N3O6. The van der Waals surface area contributed by atoms with Gasteiger partial charge in [0.05, 0.1) is 19.8 Å². The number of hydrogen-bond acceptors (Lipinski definition) is 9. The third-order valence-corrected chi connectivity index (χ3v) is 5.43. The first-order valence-corrected chi connectivity index (χ1v) is 11.3. The molecule has 0 radical (unpaired) electrons. The number of aliphatic hydroxyl groups is 1. The number of carbonyl (C=O) groups is 1. The summed E-state index contributed by atoms with van der Waals surface area (Å²) in [5.74, 6) is 1.19. The van der Waals surface area contributed by atoms with Gasteiger partial charge in [-0.05, 0) is 29.8 Å². The van der Waals surface area contributed by atoms with E-state index in [4.69, 9.17) is 18.9 Å². The molecule has 0 saturated carbocycles. The van der Waals surface area contributed by atoms with E-state index in [0.29, 0.717) is 34.2 Å². The van der Waals surface area contributed by atoms with E-state index in [1.165, 1.54) is 12.7 Å². The molecule has 0 amide bonds. The zero-order valence-corrected chi connectivity index (χ0v) is 20.3. The molecule has 0 aliphatic carbocycles. The number of para-hydroxylation sites is 2. The van der Waals surface area contributed by atoms with Crippen LogP contribution in [-0.4, -0.2) is 53.1 Å². The minimum Gasteiger partial charge on any atom is -0.496 e. The molecule has 1 aromatic heterocycles. The van der Waals surface area contributed by atoms with E-state index in [-0.39, 0.29) is 6.61 Å². The predicted octanol–water partition coefficient (Wildman–Crippen LogP) is 4.32. The van der Waals surface area contributed by atoms with Crippen molar-refractivity contribution in [3.05, 3.63) is 86.0 Å². The average molecular weight is 500 g/mol. The summed E-state index contributed by atoms with van der Waals surface area (Å²) in [6.07, 6.45) is 2.20. The molecule has 1 N–H and O–H groups in total. The van der Waals surface area contributed by atoms with Crippen LogP contribution in [0.25, 0.3) is 33.6 Å². The van der Waals surface area contributed by atoms with Crippen LogP contribution in [0.3, 0.4) is 0 Å². The molecule has 0 aliphatic rings. The smallest absolute Gasteiger partial charge is 0.332 e. The molecule has 37 heavy (non-hydrogen) atoms. The number of aromatic nitrogens is 3. The molecule has 4 rings (SSSR count). The van der Waals surface area contributed by atoms with Crippen LogP contribution in [0.4, 0.5) is 0 Å². The Balaban J connectivity index is 1.96. The first-order valence-electron chi connectivity index (χ1n) is 11.3. The monoisotopic (exact) mass is 499 g/mol. The fourth-order valence-corrected chi connectivity index (χ4v) is 3.82. The molecule has 0 spiro atoms. The van der Waals surface area contributed by atoms with Crippen LogP contribution in [0, 0.1) is 0 Å². The summed E-state index contributed by atoms with van der Waals surface area (Å²) in [6, 6.07) is 18.8. The summed E-state index contributed by atoms with van der Waals surface area (Å²) >= 11 is 0. The van der Waals surface area contributed by atoms with Crippen molar-refractivity contribution in [3.63, 3.8) is 0 Å². The highest BCUT2D eigenvalue weighted by Crippen LogP contribution is 2.45. The highest BCUT2D eigenvalue weighted by Gasteiger charge is 2.23. The Morgan fingerprint density at radius 1 is 0.919 bits per heavy atom. The van der Waals surface area contributed by atoms with Crippen molar-refractivity contribution in [1.29, 1.82) is 0 Å². The van der Waals surface area contributed by atoms with Crippen LogP contribution < -0.4 is 14.2 Å². The zero-order valence-electron chi connectivity index (χ0n) is 20.3. The van der Waals surface area contributed by atoms with Gasteiger partial charge in [-0.3, -0.25) is 0 Å². The molecule has 1 atom stereocenters. The molecule has 1 unspecified atom stereocenters. The quantitative estimate of drug-likeness (QED) is 0.194. The number of benzene rings is 3. The second-order valence-electron chi connectivity index (χ2n) is 7.67. The molecule has 9 nitrogen and oxygen atoms in total. The largest absolute Gasteiger partial charge is 0.496 e. The minimum absolute atomic E-state index is 0.337. The first-order chi connectivity index (χ1) is 18.0. The molecular weight excluding hydrogens is 474 g/mol. The number of hydrogen-bond donors (Lipinski definition) is 1. The van der Waals surface area contributed by atoms with Gasteiger partial charge in [-0.15, -0.1) is 0 Å². The second kappa shape index (κ2) is 11.8. The maximum Gasteiger partial charge on any atom is 0.332 e. The third-order valence-electron chi connectivity index (χ3n) is 5.43. The lowest BCUT2D eigenvalue weighted by atomic mass is 9.92. The van der Waals surface area contributed by atoms with Gasteiger partial charge in [0.2, 0.25) is 6.29 Å². The van der Waals surface area contributed by atoms with Crippen LogP contribution in [0.2, 0.25) is 0 Å². The van der Waals surface area contributed by atoms with Crippen LogP contribution in [0.5, 0.6) is 17.2 Å². The van der Waals surface area contributed by atoms with Crippen LogP contribution in [0.1, 0.15) is 0 Å². The van der Waals surface area contributed by atoms with Crippen molar-refractivity contribution in [2.24, 2.45) is 0 Å². The fraction of sp³-hybridized carbons (Fsp3) is 0.143. The Kier molecular flexibility index (Phi) is 8.07. The van der Waals surface area contributed by atoms with Gasteiger partial charge >= 0.3 is 5.97 Å². The second-order valence-corrected chi connectivity index (χ2v) is 7.67. The summed E-state index contributed by atoms with van der Waals surface area (Å²) < 4.78 is 22.1. The number of nitrogens with zero attached hydrogens (tertiary/aromatic N) is 3. The summed E-state index contributed by atoms with van der Waals surface area (Å²) in [6.45, 7) is 2.99. The number of methoxy groups -OCH3 is 2. The van der Waals surface area contributed by atoms with E-state index in [0.717, 1.165) is 22.8 Å². The maximum atomic E-state index is 11.5. The average Bonchev–Trinajstić information content (AvgIpc) is 2.95. The van der Waals surface area contributed by atoms with Crippen molar-refractivity contribution >= 4 is 5.97 Å². The predicted molar refractivity (Wildman–Crippen MR) is 137 cm³/mol. The summed E-state index contributed by atoms with van der Waals surface area (Å²) in [5, 5.41) is 10.2. The molecule has 0 saturated heterocycles. The Morgan fingerprint density at radius 2 is 1.54 bits per heavy atom. The van der Waals surface area contributed by atoms with Crippen molar-refractivity contribution in [3.8, 4) is 50.9 Å². The normalized spacial score (nSPS) is 11.3. The molecule has 4 aromatic rings. The Labute approximate surface area is 214 Å². The summed E-state index contributed by atoms with van der Waals surface area (Å²) in [5.41, 5.74) is 3.59. The van der Waals surface area contributed by atoms with Gasteiger partial charge in [0.15, 0.2) is 12.4 Å². The van der Waals surface area contributed by atoms with Crippen molar-refractivity contribution in [2.75, 3.05) is 20.8 Å². The van der Waals surface area contributed by atoms with Crippen LogP contribution in [-0.2, 0) is 9.53 Å². The SMILES string of the molecule is C=CC(=O)OC(O)COc1cc(-c2ccccc2OC)cc(-c2ccccc2OC)c1-c1ncncn1. The number of aliphatic hydroxyl groups excluding tert-OH is 1. The standard InChI is InChI=1S/C28H25N3O6/c1-4-25(32)37-26(33)15-36-24-14-18(19-9-5-7-11-22(19)34-2)13-21(20-10-6-8-12-23(20)35-3)27(24)28-30-16-29-17-31-28/h4-14,16-17,26,33H,1,15H2,2-3H3. The van der Waals surface area contributed by atoms with E-state index in [1.54, 1.807) is 20.3 Å². The summed E-state index contributed by atoms with van der Waals surface area (Å²) in [7, 11) is 3.19. The number of rotatable bonds is 10. The third kappa shape index (κ3) is 5.74. The molecule has 0 aliphatic heterocycles. The van der Waals surface area contributed by atoms with Crippen molar-refractivity contribution in [1.82, 2.24) is 15.0 Å². The van der Waals surface area contributed by atoms with E-state index in [9.17, 15) is 9.90 Å². The van der Waals surface area contributed by atoms with E-state index >= 15 is 0 Å². The summed E-state index contributed by atoms with van der Waals surface area (Å²) in [4.78, 5) is 24.2. The van der Waals surface area contributed by atoms with Gasteiger partial charge in [0, 0.05) is 22.8 Å². The fourth-order valence-electron chi connectivity index (χ4n) is 3.82. The van der Waals surface area contributed by atoms with Crippen LogP contribution >= 0.6 is 0 Å².